The zero-order valence-electron chi connectivity index (χ0n) is 11.8. The van der Waals surface area contributed by atoms with Crippen LogP contribution in [0.3, 0.4) is 0 Å². The first-order valence-corrected chi connectivity index (χ1v) is 8.41. The number of aryl methyl sites for hydroxylation is 1. The van der Waals surface area contributed by atoms with Crippen molar-refractivity contribution >= 4 is 46.1 Å². The number of anilines is 1. The fraction of sp³-hybridized carbons (Fsp3) is 0.133. The van der Waals surface area contributed by atoms with Crippen molar-refractivity contribution in [2.45, 2.75) is 12.8 Å². The maximum Gasteiger partial charge on any atom is 0.248 e. The third-order valence-corrected chi connectivity index (χ3v) is 4.43. The van der Waals surface area contributed by atoms with Gasteiger partial charge in [-0.3, -0.25) is 4.79 Å². The lowest BCUT2D eigenvalue weighted by Crippen LogP contribution is -2.12. The molecule has 0 aliphatic rings. The van der Waals surface area contributed by atoms with E-state index in [4.69, 9.17) is 27.6 Å². The number of amides is 1. The standard InChI is InChI=1S/C15H11Cl2N3O2S/c16-11-2-1-10(7-12(11)17)18-13(21)3-4-14-19-20-15(22-14)9-5-6-23-8-9/h1-2,5-8H,3-4H2,(H,18,21). The number of carbonyl (C=O) groups excluding carboxylic acids is 1. The largest absolute Gasteiger partial charge is 0.421 e. The van der Waals surface area contributed by atoms with Crippen LogP contribution in [0.2, 0.25) is 10.0 Å². The Morgan fingerprint density at radius 3 is 2.83 bits per heavy atom. The van der Waals surface area contributed by atoms with E-state index in [0.29, 0.717) is 33.9 Å². The normalized spacial score (nSPS) is 10.7. The van der Waals surface area contributed by atoms with Crippen LogP contribution in [0.25, 0.3) is 11.5 Å². The summed E-state index contributed by atoms with van der Waals surface area (Å²) in [5.41, 5.74) is 1.47. The lowest BCUT2D eigenvalue weighted by atomic mass is 10.2. The van der Waals surface area contributed by atoms with Crippen molar-refractivity contribution in [3.05, 3.63) is 51.0 Å². The molecule has 0 radical (unpaired) electrons. The first kappa shape index (κ1) is 16.0. The molecule has 3 aromatic rings. The second kappa shape index (κ2) is 7.12. The second-order valence-electron chi connectivity index (χ2n) is 4.69. The Kier molecular flexibility index (Phi) is 4.95. The van der Waals surface area contributed by atoms with E-state index in [1.807, 2.05) is 16.8 Å². The van der Waals surface area contributed by atoms with Gasteiger partial charge in [-0.2, -0.15) is 11.3 Å². The first-order chi connectivity index (χ1) is 11.1. The Morgan fingerprint density at radius 1 is 1.22 bits per heavy atom. The number of rotatable bonds is 5. The molecule has 8 heteroatoms. The van der Waals surface area contributed by atoms with Crippen molar-refractivity contribution in [3.63, 3.8) is 0 Å². The third kappa shape index (κ3) is 4.10. The molecule has 5 nitrogen and oxygen atoms in total. The quantitative estimate of drug-likeness (QED) is 0.710. The molecule has 0 saturated heterocycles. The number of hydrogen-bond donors (Lipinski definition) is 1. The summed E-state index contributed by atoms with van der Waals surface area (Å²) in [6.45, 7) is 0. The minimum Gasteiger partial charge on any atom is -0.421 e. The second-order valence-corrected chi connectivity index (χ2v) is 6.28. The molecule has 2 aromatic heterocycles. The number of aromatic nitrogens is 2. The predicted molar refractivity (Wildman–Crippen MR) is 91.0 cm³/mol. The maximum absolute atomic E-state index is 11.9. The summed E-state index contributed by atoms with van der Waals surface area (Å²) in [5.74, 6) is 0.723. The highest BCUT2D eigenvalue weighted by Crippen LogP contribution is 2.25. The van der Waals surface area contributed by atoms with Crippen LogP contribution in [0.1, 0.15) is 12.3 Å². The molecular weight excluding hydrogens is 357 g/mol. The van der Waals surface area contributed by atoms with E-state index < -0.39 is 0 Å². The van der Waals surface area contributed by atoms with Gasteiger partial charge in [0.15, 0.2) is 0 Å². The van der Waals surface area contributed by atoms with Crippen LogP contribution in [-0.2, 0) is 11.2 Å². The van der Waals surface area contributed by atoms with E-state index in [9.17, 15) is 4.79 Å². The number of thiophene rings is 1. The Morgan fingerprint density at radius 2 is 2.09 bits per heavy atom. The van der Waals surface area contributed by atoms with Crippen molar-refractivity contribution in [3.8, 4) is 11.5 Å². The number of carbonyl (C=O) groups is 1. The van der Waals surface area contributed by atoms with Crippen LogP contribution in [0.5, 0.6) is 0 Å². The Hall–Kier alpha value is -1.89. The van der Waals surface area contributed by atoms with Crippen LogP contribution in [0.15, 0.2) is 39.4 Å². The van der Waals surface area contributed by atoms with Crippen molar-refractivity contribution in [1.82, 2.24) is 10.2 Å². The Bertz CT molecular complexity index is 818. The molecule has 118 valence electrons. The molecule has 1 amide bonds. The molecule has 0 spiro atoms. The molecule has 0 atom stereocenters. The van der Waals surface area contributed by atoms with Gasteiger partial charge in [-0.15, -0.1) is 10.2 Å². The smallest absolute Gasteiger partial charge is 0.248 e. The highest BCUT2D eigenvalue weighted by Gasteiger charge is 2.11. The first-order valence-electron chi connectivity index (χ1n) is 6.71. The average molecular weight is 368 g/mol. The van der Waals surface area contributed by atoms with E-state index in [1.54, 1.807) is 29.5 Å². The van der Waals surface area contributed by atoms with Crippen molar-refractivity contribution < 1.29 is 9.21 Å². The Labute approximate surface area is 146 Å². The summed E-state index contributed by atoms with van der Waals surface area (Å²) < 4.78 is 5.53. The summed E-state index contributed by atoms with van der Waals surface area (Å²) >= 11 is 13.3. The van der Waals surface area contributed by atoms with Crippen LogP contribution in [-0.4, -0.2) is 16.1 Å². The van der Waals surface area contributed by atoms with Gasteiger partial charge in [0, 0.05) is 29.5 Å². The number of halogens is 2. The van der Waals surface area contributed by atoms with E-state index in [1.165, 1.54) is 0 Å². The molecule has 0 aliphatic heterocycles. The highest BCUT2D eigenvalue weighted by atomic mass is 35.5. The van der Waals surface area contributed by atoms with Crippen LogP contribution < -0.4 is 5.32 Å². The molecule has 0 unspecified atom stereocenters. The zero-order valence-corrected chi connectivity index (χ0v) is 14.1. The minimum absolute atomic E-state index is 0.168. The van der Waals surface area contributed by atoms with Crippen LogP contribution in [0, 0.1) is 0 Å². The van der Waals surface area contributed by atoms with E-state index in [2.05, 4.69) is 15.5 Å². The summed E-state index contributed by atoms with van der Waals surface area (Å²) in [6, 6.07) is 6.82. The number of benzene rings is 1. The topological polar surface area (TPSA) is 68.0 Å². The van der Waals surface area contributed by atoms with Gasteiger partial charge in [0.1, 0.15) is 0 Å². The molecule has 0 aliphatic carbocycles. The van der Waals surface area contributed by atoms with Gasteiger partial charge in [-0.05, 0) is 29.6 Å². The predicted octanol–water partition coefficient (Wildman–Crippen LogP) is 4.68. The van der Waals surface area contributed by atoms with Gasteiger partial charge in [0.25, 0.3) is 0 Å². The van der Waals surface area contributed by atoms with Crippen LogP contribution in [0.4, 0.5) is 5.69 Å². The van der Waals surface area contributed by atoms with Gasteiger partial charge < -0.3 is 9.73 Å². The molecule has 0 fully saturated rings. The molecule has 0 bridgehead atoms. The fourth-order valence-corrected chi connectivity index (χ4v) is 2.80. The summed E-state index contributed by atoms with van der Waals surface area (Å²) in [7, 11) is 0. The van der Waals surface area contributed by atoms with Crippen molar-refractivity contribution in [1.29, 1.82) is 0 Å². The minimum atomic E-state index is -0.168. The lowest BCUT2D eigenvalue weighted by molar-refractivity contribution is -0.116. The number of nitrogens with one attached hydrogen (secondary N) is 1. The molecule has 3 rings (SSSR count). The SMILES string of the molecule is O=C(CCc1nnc(-c2ccsc2)o1)Nc1ccc(Cl)c(Cl)c1. The summed E-state index contributed by atoms with van der Waals surface area (Å²) in [6.07, 6.45) is 0.593. The average Bonchev–Trinajstić information content (AvgIpc) is 3.19. The van der Waals surface area contributed by atoms with Gasteiger partial charge >= 0.3 is 0 Å². The molecule has 23 heavy (non-hydrogen) atoms. The van der Waals surface area contributed by atoms with E-state index in [0.717, 1.165) is 5.56 Å². The number of hydrogen-bond acceptors (Lipinski definition) is 5. The van der Waals surface area contributed by atoms with Crippen molar-refractivity contribution in [2.24, 2.45) is 0 Å². The van der Waals surface area contributed by atoms with Crippen LogP contribution >= 0.6 is 34.5 Å². The highest BCUT2D eigenvalue weighted by molar-refractivity contribution is 7.08. The molecule has 1 N–H and O–H groups in total. The zero-order chi connectivity index (χ0) is 16.2. The monoisotopic (exact) mass is 367 g/mol. The van der Waals surface area contributed by atoms with Gasteiger partial charge in [0.2, 0.25) is 17.7 Å². The van der Waals surface area contributed by atoms with E-state index >= 15 is 0 Å². The van der Waals surface area contributed by atoms with Gasteiger partial charge in [-0.25, -0.2) is 0 Å². The van der Waals surface area contributed by atoms with E-state index in [-0.39, 0.29) is 12.3 Å². The van der Waals surface area contributed by atoms with Gasteiger partial charge in [-0.1, -0.05) is 23.2 Å². The van der Waals surface area contributed by atoms with Gasteiger partial charge in [0.05, 0.1) is 10.0 Å². The number of nitrogens with zero attached hydrogens (tertiary/aromatic N) is 2. The molecule has 1 aromatic carbocycles. The molecular formula is C15H11Cl2N3O2S. The fourth-order valence-electron chi connectivity index (χ4n) is 1.88. The van der Waals surface area contributed by atoms with Crippen molar-refractivity contribution in [2.75, 3.05) is 5.32 Å². The maximum atomic E-state index is 11.9. The summed E-state index contributed by atoms with van der Waals surface area (Å²) in [4.78, 5) is 11.9. The molecule has 2 heterocycles. The third-order valence-electron chi connectivity index (χ3n) is 3.00. The summed E-state index contributed by atoms with van der Waals surface area (Å²) in [5, 5.41) is 15.3. The lowest BCUT2D eigenvalue weighted by Gasteiger charge is -2.05. The molecule has 0 saturated carbocycles. The Balaban J connectivity index is 1.55.